The van der Waals surface area contributed by atoms with Gasteiger partial charge in [-0.05, 0) is 50.1 Å². The molecule has 0 heterocycles. The average Bonchev–Trinajstić information content (AvgIpc) is 2.71. The molecule has 0 fully saturated rings. The fourth-order valence-corrected chi connectivity index (χ4v) is 7.50. The maximum atomic E-state index is 12.6. The van der Waals surface area contributed by atoms with Gasteiger partial charge in [0.1, 0.15) is 24.3 Å². The van der Waals surface area contributed by atoms with Gasteiger partial charge in [-0.15, -0.1) is 0 Å². The van der Waals surface area contributed by atoms with Gasteiger partial charge >= 0.3 is 11.9 Å². The zero-order valence-electron chi connectivity index (χ0n) is 24.9. The number of aliphatic carboxylic acids is 2. The maximum absolute atomic E-state index is 12.6. The van der Waals surface area contributed by atoms with Crippen molar-refractivity contribution in [3.05, 3.63) is 0 Å². The van der Waals surface area contributed by atoms with Crippen LogP contribution in [-0.2, 0) is 28.0 Å². The Hall–Kier alpha value is -1.07. The highest BCUT2D eigenvalue weighted by atomic mass is 33.1. The molecule has 10 nitrogen and oxygen atoms in total. The van der Waals surface area contributed by atoms with Crippen molar-refractivity contribution in [2.75, 3.05) is 11.5 Å². The monoisotopic (exact) mass is 612 g/mol. The van der Waals surface area contributed by atoms with E-state index in [1.54, 1.807) is 13.8 Å². The number of nitrogens with one attached hydrogen (secondary N) is 2. The Morgan fingerprint density at radius 2 is 0.947 bits per heavy atom. The molecule has 14 heteroatoms. The molecule has 0 aromatic heterocycles. The molecule has 2 amide bonds. The van der Waals surface area contributed by atoms with Crippen molar-refractivity contribution in [2.45, 2.75) is 116 Å². The third kappa shape index (κ3) is 12.0. The molecular weight excluding hydrogens is 565 g/mol. The van der Waals surface area contributed by atoms with Crippen LogP contribution in [0.2, 0.25) is 36.3 Å². The Morgan fingerprint density at radius 3 is 1.16 bits per heavy atom. The molecular formula is C24H48N2O8S2Si2. The van der Waals surface area contributed by atoms with E-state index in [4.69, 9.17) is 8.85 Å². The van der Waals surface area contributed by atoms with E-state index in [2.05, 4.69) is 10.6 Å². The van der Waals surface area contributed by atoms with Crippen LogP contribution in [0.3, 0.4) is 0 Å². The summed E-state index contributed by atoms with van der Waals surface area (Å²) >= 11 is 0. The van der Waals surface area contributed by atoms with E-state index in [0.29, 0.717) is 0 Å². The molecule has 38 heavy (non-hydrogen) atoms. The number of rotatable bonds is 15. The van der Waals surface area contributed by atoms with Crippen molar-refractivity contribution in [3.63, 3.8) is 0 Å². The van der Waals surface area contributed by atoms with Gasteiger partial charge in [-0.2, -0.15) is 0 Å². The lowest BCUT2D eigenvalue weighted by atomic mass is 10.2. The second-order valence-electron chi connectivity index (χ2n) is 12.4. The predicted octanol–water partition coefficient (Wildman–Crippen LogP) is 4.33. The van der Waals surface area contributed by atoms with Gasteiger partial charge in [0.2, 0.25) is 11.8 Å². The zero-order valence-corrected chi connectivity index (χ0v) is 28.5. The first kappa shape index (κ1) is 36.9. The lowest BCUT2D eigenvalue weighted by Gasteiger charge is -2.38. The van der Waals surface area contributed by atoms with Crippen LogP contribution < -0.4 is 10.6 Å². The quantitative estimate of drug-likeness (QED) is 0.119. The van der Waals surface area contributed by atoms with Crippen LogP contribution in [0.25, 0.3) is 0 Å². The molecule has 0 spiro atoms. The van der Waals surface area contributed by atoms with Crippen molar-refractivity contribution in [1.82, 2.24) is 10.6 Å². The van der Waals surface area contributed by atoms with E-state index in [9.17, 15) is 29.4 Å². The summed E-state index contributed by atoms with van der Waals surface area (Å²) < 4.78 is 12.1. The van der Waals surface area contributed by atoms with Gasteiger partial charge in [0.15, 0.2) is 16.6 Å². The number of carboxylic acids is 2. The van der Waals surface area contributed by atoms with Crippen LogP contribution >= 0.6 is 21.6 Å². The van der Waals surface area contributed by atoms with E-state index in [1.807, 2.05) is 67.7 Å². The molecule has 0 aromatic rings. The number of carbonyl (C=O) groups excluding carboxylic acids is 2. The minimum atomic E-state index is -2.22. The van der Waals surface area contributed by atoms with Gasteiger partial charge in [0.25, 0.3) is 0 Å². The van der Waals surface area contributed by atoms with Gasteiger partial charge in [-0.1, -0.05) is 63.1 Å². The molecule has 4 N–H and O–H groups in total. The Kier molecular flexibility index (Phi) is 14.1. The minimum Gasteiger partial charge on any atom is -0.480 e. The van der Waals surface area contributed by atoms with Crippen molar-refractivity contribution >= 4 is 62.0 Å². The normalized spacial score (nSPS) is 16.2. The van der Waals surface area contributed by atoms with Gasteiger partial charge < -0.3 is 29.7 Å². The largest absolute Gasteiger partial charge is 0.480 e. The van der Waals surface area contributed by atoms with Crippen molar-refractivity contribution in [2.24, 2.45) is 0 Å². The molecule has 0 rings (SSSR count). The Morgan fingerprint density at radius 1 is 0.684 bits per heavy atom. The van der Waals surface area contributed by atoms with Gasteiger partial charge in [0, 0.05) is 11.5 Å². The smallest absolute Gasteiger partial charge is 0.327 e. The molecule has 0 aliphatic rings. The molecule has 0 unspecified atom stereocenters. The van der Waals surface area contributed by atoms with Crippen LogP contribution in [-0.4, -0.2) is 86.4 Å². The fourth-order valence-electron chi connectivity index (χ4n) is 2.50. The zero-order chi connectivity index (χ0) is 30.3. The summed E-state index contributed by atoms with van der Waals surface area (Å²) in [7, 11) is -2.23. The second-order valence-corrected chi connectivity index (χ2v) is 24.5. The van der Waals surface area contributed by atoms with Crippen LogP contribution in [0.1, 0.15) is 55.4 Å². The molecule has 0 aliphatic heterocycles. The summed E-state index contributed by atoms with van der Waals surface area (Å²) in [6, 6.07) is -2.36. The predicted molar refractivity (Wildman–Crippen MR) is 160 cm³/mol. The lowest BCUT2D eigenvalue weighted by Crippen LogP contribution is -2.51. The van der Waals surface area contributed by atoms with Crippen LogP contribution in [0.5, 0.6) is 0 Å². The number of carboxylic acid groups (broad SMARTS) is 2. The first-order valence-electron chi connectivity index (χ1n) is 12.6. The van der Waals surface area contributed by atoms with Crippen LogP contribution in [0, 0.1) is 0 Å². The van der Waals surface area contributed by atoms with Crippen molar-refractivity contribution in [1.29, 1.82) is 0 Å². The fraction of sp³-hybridized carbons (Fsp3) is 0.833. The van der Waals surface area contributed by atoms with Crippen molar-refractivity contribution < 1.29 is 38.2 Å². The SMILES string of the molecule is C[C@@H](O[Si](C)(C)C(C)(C)C)C(=O)N[C@@H](CSSC[C@H](NC(=O)[C@@H](C)O[Si](C)(C)C(C)(C)C)C(=O)O)C(=O)O. The molecule has 0 bridgehead atoms. The highest BCUT2D eigenvalue weighted by Crippen LogP contribution is 2.38. The molecule has 0 aliphatic carbocycles. The maximum Gasteiger partial charge on any atom is 0.327 e. The Bertz CT molecular complexity index is 776. The number of hydrogen-bond donors (Lipinski definition) is 4. The van der Waals surface area contributed by atoms with Gasteiger partial charge in [0.05, 0.1) is 0 Å². The highest BCUT2D eigenvalue weighted by molar-refractivity contribution is 8.76. The first-order chi connectivity index (χ1) is 16.9. The lowest BCUT2D eigenvalue weighted by molar-refractivity contribution is -0.142. The third-order valence-electron chi connectivity index (χ3n) is 7.08. The number of amides is 2. The number of hydrogen-bond acceptors (Lipinski definition) is 8. The first-order valence-corrected chi connectivity index (χ1v) is 20.9. The molecule has 0 aromatic carbocycles. The minimum absolute atomic E-state index is 0.00369. The Balaban J connectivity index is 4.94. The number of carbonyl (C=O) groups is 4. The van der Waals surface area contributed by atoms with E-state index >= 15 is 0 Å². The molecule has 0 saturated heterocycles. The summed E-state index contributed by atoms with van der Waals surface area (Å²) in [5.41, 5.74) is 0. The molecule has 0 saturated carbocycles. The molecule has 222 valence electrons. The summed E-state index contributed by atoms with van der Waals surface area (Å²) in [4.78, 5) is 48.6. The van der Waals surface area contributed by atoms with E-state index < -0.39 is 64.7 Å². The topological polar surface area (TPSA) is 151 Å². The molecule has 0 radical (unpaired) electrons. The second kappa shape index (κ2) is 14.5. The summed E-state index contributed by atoms with van der Waals surface area (Å²) in [6.07, 6.45) is -1.62. The summed E-state index contributed by atoms with van der Waals surface area (Å²) in [5, 5.41) is 23.9. The van der Waals surface area contributed by atoms with Crippen molar-refractivity contribution in [3.8, 4) is 0 Å². The Labute approximate surface area is 237 Å². The van der Waals surface area contributed by atoms with Crippen LogP contribution in [0.15, 0.2) is 0 Å². The standard InChI is InChI=1S/C24H48N2O8S2Si2/c1-15(33-37(9,10)23(3,4)5)19(27)25-17(21(29)30)13-35-36-14-18(22(31)32)26-20(28)16(2)34-38(11,12)24(6,7)8/h15-18H,13-14H2,1-12H3,(H,25,27)(H,26,28)(H,29,30)(H,31,32)/t15-,16-,17+,18+/m1/s1. The molecule has 4 atom stereocenters. The van der Waals surface area contributed by atoms with E-state index in [-0.39, 0.29) is 21.6 Å². The summed E-state index contributed by atoms with van der Waals surface area (Å²) in [5.74, 6) is -3.43. The van der Waals surface area contributed by atoms with E-state index in [1.165, 1.54) is 0 Å². The third-order valence-corrected chi connectivity index (χ3v) is 18.6. The van der Waals surface area contributed by atoms with E-state index in [0.717, 1.165) is 21.6 Å². The average molecular weight is 613 g/mol. The van der Waals surface area contributed by atoms with Gasteiger partial charge in [-0.3, -0.25) is 9.59 Å². The van der Waals surface area contributed by atoms with Crippen LogP contribution in [0.4, 0.5) is 0 Å². The summed E-state index contributed by atoms with van der Waals surface area (Å²) in [6.45, 7) is 23.5. The van der Waals surface area contributed by atoms with Gasteiger partial charge in [-0.25, -0.2) is 9.59 Å². The highest BCUT2D eigenvalue weighted by Gasteiger charge is 2.41.